The Balaban J connectivity index is 1.42. The van der Waals surface area contributed by atoms with Crippen LogP contribution in [0.2, 0.25) is 0 Å². The molecule has 1 heterocycles. The van der Waals surface area contributed by atoms with Gasteiger partial charge in [0, 0.05) is 39.1 Å². The molecule has 1 aliphatic heterocycles. The van der Waals surface area contributed by atoms with Gasteiger partial charge in [-0.1, -0.05) is 26.2 Å². The summed E-state index contributed by atoms with van der Waals surface area (Å²) in [5, 5.41) is 6.96. The molecule has 1 fully saturated rings. The third kappa shape index (κ3) is 6.30. The van der Waals surface area contributed by atoms with E-state index < -0.39 is 0 Å². The zero-order valence-electron chi connectivity index (χ0n) is 20.2. The van der Waals surface area contributed by atoms with E-state index in [1.54, 1.807) is 14.2 Å². The van der Waals surface area contributed by atoms with Crippen molar-refractivity contribution < 1.29 is 14.3 Å². The fourth-order valence-electron chi connectivity index (χ4n) is 4.88. The van der Waals surface area contributed by atoms with Crippen LogP contribution >= 0.6 is 0 Å². The summed E-state index contributed by atoms with van der Waals surface area (Å²) < 4.78 is 10.8. The second-order valence-corrected chi connectivity index (χ2v) is 8.93. The average molecular weight is 445 g/mol. The Labute approximate surface area is 192 Å². The summed E-state index contributed by atoms with van der Waals surface area (Å²) in [6, 6.07) is 4.54. The number of carbonyl (C=O) groups is 1. The van der Waals surface area contributed by atoms with Crippen molar-refractivity contribution in [3.63, 3.8) is 0 Å². The number of ether oxygens (including phenoxy) is 2. The minimum absolute atomic E-state index is 0.202. The van der Waals surface area contributed by atoms with Gasteiger partial charge in [-0.25, -0.2) is 0 Å². The fraction of sp³-hybridized carbons (Fsp3) is 0.680. The molecule has 1 amide bonds. The first-order valence-electron chi connectivity index (χ1n) is 12.1. The third-order valence-corrected chi connectivity index (χ3v) is 6.86. The molecule has 1 saturated carbocycles. The topological polar surface area (TPSA) is 75.2 Å². The highest BCUT2D eigenvalue weighted by molar-refractivity contribution is 5.80. The van der Waals surface area contributed by atoms with Crippen molar-refractivity contribution >= 4 is 11.9 Å². The first kappa shape index (κ1) is 24.2. The van der Waals surface area contributed by atoms with Gasteiger partial charge in [-0.3, -0.25) is 9.79 Å². The molecule has 32 heavy (non-hydrogen) atoms. The number of aliphatic imine (C=N–C) groups is 1. The van der Waals surface area contributed by atoms with Gasteiger partial charge in [0.05, 0.1) is 14.2 Å². The number of guanidine groups is 1. The predicted molar refractivity (Wildman–Crippen MR) is 128 cm³/mol. The normalized spacial score (nSPS) is 21.0. The van der Waals surface area contributed by atoms with Crippen molar-refractivity contribution in [2.45, 2.75) is 70.9 Å². The lowest BCUT2D eigenvalue weighted by Crippen LogP contribution is -2.45. The number of rotatable bonds is 8. The van der Waals surface area contributed by atoms with E-state index in [2.05, 4.69) is 22.5 Å². The fourth-order valence-corrected chi connectivity index (χ4v) is 4.88. The summed E-state index contributed by atoms with van der Waals surface area (Å²) in [6.07, 6.45) is 8.50. The zero-order valence-corrected chi connectivity index (χ0v) is 20.2. The Hall–Kier alpha value is -2.44. The number of carbonyl (C=O) groups excluding carboxylic acids is 1. The van der Waals surface area contributed by atoms with Crippen LogP contribution in [0.5, 0.6) is 11.5 Å². The number of hydrogen-bond donors (Lipinski definition) is 2. The lowest BCUT2D eigenvalue weighted by molar-refractivity contribution is -0.132. The van der Waals surface area contributed by atoms with E-state index in [1.807, 2.05) is 24.1 Å². The SMILES string of the molecule is CCC1CCCC(NC(=NC)NCCCC(=O)N2CCc3cc(OC)c(OC)cc3C2)C1. The second kappa shape index (κ2) is 12.0. The third-order valence-electron chi connectivity index (χ3n) is 6.86. The molecule has 0 aromatic heterocycles. The van der Waals surface area contributed by atoms with E-state index in [4.69, 9.17) is 9.47 Å². The lowest BCUT2D eigenvalue weighted by atomic mass is 9.84. The summed E-state index contributed by atoms with van der Waals surface area (Å²) in [6.45, 7) is 4.40. The molecule has 1 aliphatic carbocycles. The van der Waals surface area contributed by atoms with Gasteiger partial charge in [-0.2, -0.15) is 0 Å². The molecule has 2 aliphatic rings. The molecule has 7 heteroatoms. The number of nitrogens with one attached hydrogen (secondary N) is 2. The summed E-state index contributed by atoms with van der Waals surface area (Å²) in [5.41, 5.74) is 2.37. The second-order valence-electron chi connectivity index (χ2n) is 8.93. The van der Waals surface area contributed by atoms with E-state index in [0.717, 1.165) is 49.1 Å². The van der Waals surface area contributed by atoms with Gasteiger partial charge in [0.25, 0.3) is 0 Å². The van der Waals surface area contributed by atoms with Crippen molar-refractivity contribution in [3.05, 3.63) is 23.3 Å². The summed E-state index contributed by atoms with van der Waals surface area (Å²) in [7, 11) is 5.11. The molecule has 0 bridgehead atoms. The molecule has 1 aromatic carbocycles. The molecule has 0 saturated heterocycles. The number of hydrogen-bond acceptors (Lipinski definition) is 4. The highest BCUT2D eigenvalue weighted by Gasteiger charge is 2.23. The smallest absolute Gasteiger partial charge is 0.222 e. The molecule has 1 aromatic rings. The quantitative estimate of drug-likeness (QED) is 0.365. The number of methoxy groups -OCH3 is 2. The van der Waals surface area contributed by atoms with Crippen LogP contribution in [-0.4, -0.2) is 57.2 Å². The van der Waals surface area contributed by atoms with Crippen molar-refractivity contribution in [2.24, 2.45) is 10.9 Å². The van der Waals surface area contributed by atoms with Crippen LogP contribution < -0.4 is 20.1 Å². The highest BCUT2D eigenvalue weighted by Crippen LogP contribution is 2.33. The monoisotopic (exact) mass is 444 g/mol. The Kier molecular flexibility index (Phi) is 9.06. The van der Waals surface area contributed by atoms with E-state index in [9.17, 15) is 4.79 Å². The van der Waals surface area contributed by atoms with Crippen LogP contribution in [0.3, 0.4) is 0 Å². The van der Waals surface area contributed by atoms with Crippen LogP contribution in [-0.2, 0) is 17.8 Å². The Morgan fingerprint density at radius 1 is 1.19 bits per heavy atom. The first-order chi connectivity index (χ1) is 15.6. The Bertz CT molecular complexity index is 796. The molecule has 2 unspecified atom stereocenters. The molecule has 3 rings (SSSR count). The average Bonchev–Trinajstić information content (AvgIpc) is 2.84. The van der Waals surface area contributed by atoms with E-state index in [0.29, 0.717) is 24.8 Å². The number of fused-ring (bicyclic) bond motifs is 1. The number of amides is 1. The van der Waals surface area contributed by atoms with Gasteiger partial charge >= 0.3 is 0 Å². The molecule has 2 N–H and O–H groups in total. The van der Waals surface area contributed by atoms with Gasteiger partial charge in [0.1, 0.15) is 0 Å². The maximum absolute atomic E-state index is 12.8. The van der Waals surface area contributed by atoms with Gasteiger partial charge in [-0.15, -0.1) is 0 Å². The van der Waals surface area contributed by atoms with Crippen LogP contribution in [0.15, 0.2) is 17.1 Å². The Morgan fingerprint density at radius 2 is 1.94 bits per heavy atom. The molecule has 7 nitrogen and oxygen atoms in total. The van der Waals surface area contributed by atoms with E-state index >= 15 is 0 Å². The summed E-state index contributed by atoms with van der Waals surface area (Å²) >= 11 is 0. The largest absolute Gasteiger partial charge is 0.493 e. The van der Waals surface area contributed by atoms with Gasteiger partial charge in [-0.05, 0) is 54.9 Å². The molecular weight excluding hydrogens is 404 g/mol. The summed E-state index contributed by atoms with van der Waals surface area (Å²) in [4.78, 5) is 19.1. The van der Waals surface area contributed by atoms with Crippen molar-refractivity contribution in [1.29, 1.82) is 0 Å². The highest BCUT2D eigenvalue weighted by atomic mass is 16.5. The molecule has 0 radical (unpaired) electrons. The minimum atomic E-state index is 0.202. The number of benzene rings is 1. The molecule has 2 atom stereocenters. The first-order valence-corrected chi connectivity index (χ1v) is 12.1. The van der Waals surface area contributed by atoms with Gasteiger partial charge in [0.15, 0.2) is 17.5 Å². The van der Waals surface area contributed by atoms with Crippen molar-refractivity contribution in [1.82, 2.24) is 15.5 Å². The molecular formula is C25H40N4O3. The van der Waals surface area contributed by atoms with Gasteiger partial charge < -0.3 is 25.0 Å². The standard InChI is InChI=1S/C25H40N4O3/c1-5-18-8-6-9-21(14-18)28-25(26-2)27-12-7-10-24(30)29-13-11-19-15-22(31-3)23(32-4)16-20(19)17-29/h15-16,18,21H,5-14,17H2,1-4H3,(H2,26,27,28). The maximum Gasteiger partial charge on any atom is 0.222 e. The van der Waals surface area contributed by atoms with Crippen LogP contribution in [0.25, 0.3) is 0 Å². The van der Waals surface area contributed by atoms with Crippen LogP contribution in [0.1, 0.15) is 63.0 Å². The molecule has 178 valence electrons. The van der Waals surface area contributed by atoms with Crippen molar-refractivity contribution in [3.8, 4) is 11.5 Å². The Morgan fingerprint density at radius 3 is 2.62 bits per heavy atom. The van der Waals surface area contributed by atoms with E-state index in [-0.39, 0.29) is 5.91 Å². The minimum Gasteiger partial charge on any atom is -0.493 e. The maximum atomic E-state index is 12.8. The van der Waals surface area contributed by atoms with Crippen molar-refractivity contribution in [2.75, 3.05) is 34.4 Å². The zero-order chi connectivity index (χ0) is 22.9. The lowest BCUT2D eigenvalue weighted by Gasteiger charge is -2.30. The van der Waals surface area contributed by atoms with Crippen LogP contribution in [0, 0.1) is 5.92 Å². The summed E-state index contributed by atoms with van der Waals surface area (Å²) in [5.74, 6) is 3.34. The van der Waals surface area contributed by atoms with Crippen LogP contribution in [0.4, 0.5) is 0 Å². The number of nitrogens with zero attached hydrogens (tertiary/aromatic N) is 2. The van der Waals surface area contributed by atoms with Gasteiger partial charge in [0.2, 0.25) is 5.91 Å². The predicted octanol–water partition coefficient (Wildman–Crippen LogP) is 3.50. The van der Waals surface area contributed by atoms with E-state index in [1.165, 1.54) is 37.7 Å². The molecule has 0 spiro atoms.